The Balaban J connectivity index is 1.38. The van der Waals surface area contributed by atoms with Crippen LogP contribution in [-0.2, 0) is 13.0 Å². The van der Waals surface area contributed by atoms with Crippen LogP contribution in [0.4, 0.5) is 0 Å². The Kier molecular flexibility index (Phi) is 7.29. The Morgan fingerprint density at radius 2 is 1.47 bits per heavy atom. The van der Waals surface area contributed by atoms with Crippen LogP contribution >= 0.6 is 0 Å². The smallest absolute Gasteiger partial charge is 0.261 e. The number of imide groups is 1. The minimum absolute atomic E-state index is 0.0595. The van der Waals surface area contributed by atoms with Crippen molar-refractivity contribution in [2.45, 2.75) is 32.9 Å². The van der Waals surface area contributed by atoms with Gasteiger partial charge in [0.15, 0.2) is 0 Å². The predicted octanol–water partition coefficient (Wildman–Crippen LogP) is 3.94. The number of fused-ring (bicyclic) bond motifs is 1. The second kappa shape index (κ2) is 10.6. The van der Waals surface area contributed by atoms with Crippen molar-refractivity contribution < 1.29 is 19.2 Å². The van der Waals surface area contributed by atoms with Crippen LogP contribution in [0.15, 0.2) is 72.8 Å². The molecule has 0 aliphatic carbocycles. The van der Waals surface area contributed by atoms with Gasteiger partial charge in [-0.1, -0.05) is 42.5 Å². The van der Waals surface area contributed by atoms with Crippen LogP contribution in [0.2, 0.25) is 0 Å². The first-order chi connectivity index (χ1) is 17.3. The van der Waals surface area contributed by atoms with Crippen molar-refractivity contribution in [3.05, 3.63) is 106 Å². The zero-order chi connectivity index (χ0) is 25.8. The van der Waals surface area contributed by atoms with Gasteiger partial charge in [0.1, 0.15) is 0 Å². The lowest BCUT2D eigenvalue weighted by atomic mass is 10.1. The molecule has 4 amide bonds. The van der Waals surface area contributed by atoms with Gasteiger partial charge in [0, 0.05) is 37.3 Å². The standard InChI is InChI=1S/C29H29N3O4/c1-19(2)31(3)27(34)22-11-9-21(10-12-22)18-30-26(33)23-13-14-24-25(17-23)29(36)32(28(24)35)16-15-20-7-5-4-6-8-20/h4-14,17,19H,15-16,18H2,1-3H3,(H,30,33). The summed E-state index contributed by atoms with van der Waals surface area (Å²) >= 11 is 0. The molecule has 0 atom stereocenters. The number of nitrogens with zero attached hydrogens (tertiary/aromatic N) is 2. The average molecular weight is 484 g/mol. The molecule has 3 aromatic carbocycles. The molecule has 3 aromatic rings. The first-order valence-corrected chi connectivity index (χ1v) is 11.9. The molecule has 1 aliphatic rings. The van der Waals surface area contributed by atoms with Crippen molar-refractivity contribution >= 4 is 23.6 Å². The first kappa shape index (κ1) is 24.9. The molecule has 0 radical (unpaired) electrons. The summed E-state index contributed by atoms with van der Waals surface area (Å²) in [4.78, 5) is 53.7. The molecule has 7 nitrogen and oxygen atoms in total. The van der Waals surface area contributed by atoms with Gasteiger partial charge in [-0.05, 0) is 61.7 Å². The zero-order valence-electron chi connectivity index (χ0n) is 20.7. The average Bonchev–Trinajstić information content (AvgIpc) is 3.14. The number of hydrogen-bond donors (Lipinski definition) is 1. The second-order valence-electron chi connectivity index (χ2n) is 9.15. The molecule has 0 unspecified atom stereocenters. The lowest BCUT2D eigenvalue weighted by molar-refractivity contribution is 0.0654. The molecule has 0 saturated carbocycles. The van der Waals surface area contributed by atoms with Crippen LogP contribution in [-0.4, -0.2) is 53.1 Å². The highest BCUT2D eigenvalue weighted by Crippen LogP contribution is 2.24. The quantitative estimate of drug-likeness (QED) is 0.492. The third-order valence-electron chi connectivity index (χ3n) is 6.45. The van der Waals surface area contributed by atoms with Crippen LogP contribution in [0.5, 0.6) is 0 Å². The molecule has 7 heteroatoms. The van der Waals surface area contributed by atoms with Gasteiger partial charge in [-0.15, -0.1) is 0 Å². The van der Waals surface area contributed by atoms with E-state index in [2.05, 4.69) is 5.32 Å². The van der Waals surface area contributed by atoms with Crippen molar-refractivity contribution in [2.75, 3.05) is 13.6 Å². The lowest BCUT2D eigenvalue weighted by Gasteiger charge is -2.21. The van der Waals surface area contributed by atoms with E-state index in [1.807, 2.05) is 44.2 Å². The van der Waals surface area contributed by atoms with E-state index >= 15 is 0 Å². The van der Waals surface area contributed by atoms with Crippen molar-refractivity contribution in [3.63, 3.8) is 0 Å². The minimum Gasteiger partial charge on any atom is -0.348 e. The zero-order valence-corrected chi connectivity index (χ0v) is 20.7. The van der Waals surface area contributed by atoms with Gasteiger partial charge >= 0.3 is 0 Å². The van der Waals surface area contributed by atoms with E-state index in [9.17, 15) is 19.2 Å². The van der Waals surface area contributed by atoms with E-state index in [4.69, 9.17) is 0 Å². The number of rotatable bonds is 8. The molecular formula is C29H29N3O4. The van der Waals surface area contributed by atoms with Crippen molar-refractivity contribution in [2.24, 2.45) is 0 Å². The van der Waals surface area contributed by atoms with Crippen LogP contribution in [0.1, 0.15) is 66.4 Å². The fraction of sp³-hybridized carbons (Fsp3) is 0.241. The highest BCUT2D eigenvalue weighted by Gasteiger charge is 2.35. The van der Waals surface area contributed by atoms with E-state index in [0.29, 0.717) is 23.1 Å². The summed E-state index contributed by atoms with van der Waals surface area (Å²) in [7, 11) is 1.76. The van der Waals surface area contributed by atoms with E-state index in [1.54, 1.807) is 48.3 Å². The molecule has 0 aromatic heterocycles. The maximum absolute atomic E-state index is 12.9. The molecule has 0 bridgehead atoms. The first-order valence-electron chi connectivity index (χ1n) is 11.9. The van der Waals surface area contributed by atoms with E-state index in [1.165, 1.54) is 11.0 Å². The summed E-state index contributed by atoms with van der Waals surface area (Å²) in [6, 6.07) is 21.4. The van der Waals surface area contributed by atoms with Gasteiger partial charge in [-0.2, -0.15) is 0 Å². The largest absolute Gasteiger partial charge is 0.348 e. The van der Waals surface area contributed by atoms with Crippen LogP contribution in [0.25, 0.3) is 0 Å². The monoisotopic (exact) mass is 483 g/mol. The summed E-state index contributed by atoms with van der Waals surface area (Å²) in [6.07, 6.45) is 0.567. The highest BCUT2D eigenvalue weighted by molar-refractivity contribution is 6.22. The fourth-order valence-corrected chi connectivity index (χ4v) is 4.01. The summed E-state index contributed by atoms with van der Waals surface area (Å²) in [6.45, 7) is 4.45. The number of carbonyl (C=O) groups excluding carboxylic acids is 4. The summed E-state index contributed by atoms with van der Waals surface area (Å²) in [5.41, 5.74) is 3.34. The molecule has 1 N–H and O–H groups in total. The lowest BCUT2D eigenvalue weighted by Crippen LogP contribution is -2.32. The SMILES string of the molecule is CC(C)N(C)C(=O)c1ccc(CNC(=O)c2ccc3c(c2)C(=O)N(CCc2ccccc2)C3=O)cc1. The van der Waals surface area contributed by atoms with E-state index in [-0.39, 0.29) is 48.3 Å². The van der Waals surface area contributed by atoms with Crippen LogP contribution in [0.3, 0.4) is 0 Å². The predicted molar refractivity (Wildman–Crippen MR) is 137 cm³/mol. The molecular weight excluding hydrogens is 454 g/mol. The van der Waals surface area contributed by atoms with Gasteiger partial charge in [0.2, 0.25) is 0 Å². The Bertz CT molecular complexity index is 1300. The molecule has 36 heavy (non-hydrogen) atoms. The molecule has 0 spiro atoms. The maximum Gasteiger partial charge on any atom is 0.261 e. The number of hydrogen-bond acceptors (Lipinski definition) is 4. The molecule has 184 valence electrons. The summed E-state index contributed by atoms with van der Waals surface area (Å²) in [5, 5.41) is 2.84. The summed E-state index contributed by atoms with van der Waals surface area (Å²) in [5.74, 6) is -1.13. The number of carbonyl (C=O) groups is 4. The van der Waals surface area contributed by atoms with Gasteiger partial charge in [-0.25, -0.2) is 0 Å². The number of benzene rings is 3. The number of amides is 4. The Morgan fingerprint density at radius 1 is 0.833 bits per heavy atom. The molecule has 4 rings (SSSR count). The van der Waals surface area contributed by atoms with Crippen molar-refractivity contribution in [1.29, 1.82) is 0 Å². The molecule has 0 fully saturated rings. The van der Waals surface area contributed by atoms with E-state index in [0.717, 1.165) is 11.1 Å². The Labute approximate surface area is 210 Å². The topological polar surface area (TPSA) is 86.8 Å². The van der Waals surface area contributed by atoms with Crippen molar-refractivity contribution in [1.82, 2.24) is 15.1 Å². The normalized spacial score (nSPS) is 12.6. The van der Waals surface area contributed by atoms with Crippen molar-refractivity contribution in [3.8, 4) is 0 Å². The minimum atomic E-state index is -0.382. The van der Waals surface area contributed by atoms with E-state index < -0.39 is 0 Å². The van der Waals surface area contributed by atoms with Gasteiger partial charge in [0.05, 0.1) is 11.1 Å². The highest BCUT2D eigenvalue weighted by atomic mass is 16.2. The Hall–Kier alpha value is -4.26. The summed E-state index contributed by atoms with van der Waals surface area (Å²) < 4.78 is 0. The molecule has 1 heterocycles. The fourth-order valence-electron chi connectivity index (χ4n) is 4.01. The third kappa shape index (κ3) is 5.20. The Morgan fingerprint density at radius 3 is 2.14 bits per heavy atom. The van der Waals surface area contributed by atoms with Crippen LogP contribution < -0.4 is 5.32 Å². The third-order valence-corrected chi connectivity index (χ3v) is 6.45. The van der Waals surface area contributed by atoms with Crippen LogP contribution in [0, 0.1) is 0 Å². The molecule has 1 aliphatic heterocycles. The van der Waals surface area contributed by atoms with Gasteiger partial charge in [0.25, 0.3) is 23.6 Å². The maximum atomic E-state index is 12.9. The molecule has 0 saturated heterocycles. The second-order valence-corrected chi connectivity index (χ2v) is 9.15. The van der Waals surface area contributed by atoms with Gasteiger partial charge < -0.3 is 10.2 Å². The van der Waals surface area contributed by atoms with Gasteiger partial charge in [-0.3, -0.25) is 24.1 Å². The number of nitrogens with one attached hydrogen (secondary N) is 1.